The van der Waals surface area contributed by atoms with Crippen molar-refractivity contribution in [2.45, 2.75) is 34.1 Å². The van der Waals surface area contributed by atoms with E-state index in [1.165, 1.54) is 5.56 Å². The molecule has 0 fully saturated rings. The molecule has 0 aliphatic carbocycles. The van der Waals surface area contributed by atoms with Gasteiger partial charge in [-0.05, 0) is 37.8 Å². The van der Waals surface area contributed by atoms with E-state index in [9.17, 15) is 4.79 Å². The van der Waals surface area contributed by atoms with Crippen LogP contribution in [-0.2, 0) is 6.42 Å². The molecule has 0 saturated heterocycles. The fraction of sp³-hybridized carbons (Fsp3) is 0.400. The van der Waals surface area contributed by atoms with Crippen LogP contribution >= 0.6 is 0 Å². The summed E-state index contributed by atoms with van der Waals surface area (Å²) >= 11 is 0. The monoisotopic (exact) mass is 257 g/mol. The number of aryl methyl sites for hydroxylation is 2. The molecule has 0 aliphatic rings. The summed E-state index contributed by atoms with van der Waals surface area (Å²) in [5.74, 6) is 0.446. The Morgan fingerprint density at radius 1 is 1.32 bits per heavy atom. The van der Waals surface area contributed by atoms with Gasteiger partial charge in [-0.25, -0.2) is 4.68 Å². The molecule has 1 aromatic heterocycles. The smallest absolute Gasteiger partial charge is 0.172 e. The Morgan fingerprint density at radius 3 is 2.63 bits per heavy atom. The second-order valence-electron chi connectivity index (χ2n) is 5.34. The van der Waals surface area contributed by atoms with Gasteiger partial charge in [-0.1, -0.05) is 36.8 Å². The zero-order valence-electron chi connectivity index (χ0n) is 11.8. The molecule has 0 radical (unpaired) electrons. The first-order chi connectivity index (χ1) is 9.02. The van der Waals surface area contributed by atoms with Crippen LogP contribution in [0.15, 0.2) is 18.2 Å². The van der Waals surface area contributed by atoms with E-state index < -0.39 is 0 Å². The normalized spacial score (nSPS) is 11.0. The molecule has 1 aromatic carbocycles. The highest BCUT2D eigenvalue weighted by Crippen LogP contribution is 2.19. The largest absolute Gasteiger partial charge is 0.296 e. The molecule has 4 nitrogen and oxygen atoms in total. The SMILES string of the molecule is Cc1ccc(-n2nnc(C=O)c2CC(C)C)c(C)c1. The molecule has 0 amide bonds. The lowest BCUT2D eigenvalue weighted by Crippen LogP contribution is -2.08. The first-order valence-electron chi connectivity index (χ1n) is 6.50. The van der Waals surface area contributed by atoms with E-state index in [0.717, 1.165) is 29.7 Å². The molecule has 0 unspecified atom stereocenters. The zero-order valence-corrected chi connectivity index (χ0v) is 11.8. The zero-order chi connectivity index (χ0) is 14.0. The Hall–Kier alpha value is -1.97. The summed E-state index contributed by atoms with van der Waals surface area (Å²) in [6, 6.07) is 6.18. The van der Waals surface area contributed by atoms with Crippen LogP contribution in [-0.4, -0.2) is 21.3 Å². The summed E-state index contributed by atoms with van der Waals surface area (Å²) in [5, 5.41) is 8.11. The maximum absolute atomic E-state index is 11.1. The summed E-state index contributed by atoms with van der Waals surface area (Å²) in [6.07, 6.45) is 1.57. The number of aromatic nitrogens is 3. The number of carbonyl (C=O) groups is 1. The highest BCUT2D eigenvalue weighted by atomic mass is 16.1. The van der Waals surface area contributed by atoms with Gasteiger partial charge in [0.2, 0.25) is 0 Å². The van der Waals surface area contributed by atoms with Gasteiger partial charge in [-0.2, -0.15) is 0 Å². The number of hydrogen-bond donors (Lipinski definition) is 0. The topological polar surface area (TPSA) is 47.8 Å². The summed E-state index contributed by atoms with van der Waals surface area (Å²) < 4.78 is 1.79. The molecule has 4 heteroatoms. The molecular formula is C15H19N3O. The average molecular weight is 257 g/mol. The summed E-state index contributed by atoms with van der Waals surface area (Å²) in [5.41, 5.74) is 4.65. The van der Waals surface area contributed by atoms with Crippen molar-refractivity contribution in [1.82, 2.24) is 15.0 Å². The molecule has 0 saturated carbocycles. The predicted octanol–water partition coefficient (Wildman–Crippen LogP) is 2.90. The van der Waals surface area contributed by atoms with Gasteiger partial charge < -0.3 is 0 Å². The van der Waals surface area contributed by atoms with Gasteiger partial charge in [-0.15, -0.1) is 5.10 Å². The van der Waals surface area contributed by atoms with E-state index in [-0.39, 0.29) is 0 Å². The van der Waals surface area contributed by atoms with Crippen molar-refractivity contribution in [3.8, 4) is 5.69 Å². The lowest BCUT2D eigenvalue weighted by Gasteiger charge is -2.11. The summed E-state index contributed by atoms with van der Waals surface area (Å²) in [4.78, 5) is 11.1. The van der Waals surface area contributed by atoms with Gasteiger partial charge in [0.1, 0.15) is 5.69 Å². The minimum atomic E-state index is 0.439. The number of hydrogen-bond acceptors (Lipinski definition) is 3. The van der Waals surface area contributed by atoms with Crippen LogP contribution in [0.25, 0.3) is 5.69 Å². The van der Waals surface area contributed by atoms with Crippen molar-refractivity contribution in [3.63, 3.8) is 0 Å². The van der Waals surface area contributed by atoms with E-state index in [2.05, 4.69) is 37.1 Å². The van der Waals surface area contributed by atoms with Crippen molar-refractivity contribution in [1.29, 1.82) is 0 Å². The highest BCUT2D eigenvalue weighted by Gasteiger charge is 2.16. The van der Waals surface area contributed by atoms with Gasteiger partial charge in [0.15, 0.2) is 6.29 Å². The number of aldehydes is 1. The second kappa shape index (κ2) is 5.34. The van der Waals surface area contributed by atoms with Gasteiger partial charge in [-0.3, -0.25) is 4.79 Å². The molecule has 0 N–H and O–H groups in total. The van der Waals surface area contributed by atoms with Crippen LogP contribution < -0.4 is 0 Å². The Balaban J connectivity index is 2.55. The highest BCUT2D eigenvalue weighted by molar-refractivity contribution is 5.73. The fourth-order valence-electron chi connectivity index (χ4n) is 2.22. The molecular weight excluding hydrogens is 238 g/mol. The van der Waals surface area contributed by atoms with Crippen LogP contribution in [0, 0.1) is 19.8 Å². The standard InChI is InChI=1S/C15H19N3O/c1-10(2)7-15-13(9-19)16-17-18(15)14-6-5-11(3)8-12(14)4/h5-6,8-10H,7H2,1-4H3. The van der Waals surface area contributed by atoms with E-state index in [4.69, 9.17) is 0 Å². The molecule has 2 rings (SSSR count). The van der Waals surface area contributed by atoms with Crippen LogP contribution in [0.2, 0.25) is 0 Å². The molecule has 0 aliphatic heterocycles. The third-order valence-electron chi connectivity index (χ3n) is 3.09. The number of rotatable bonds is 4. The Bertz CT molecular complexity index is 599. The van der Waals surface area contributed by atoms with Gasteiger partial charge in [0, 0.05) is 0 Å². The maximum Gasteiger partial charge on any atom is 0.172 e. The van der Waals surface area contributed by atoms with E-state index in [1.807, 2.05) is 19.1 Å². The fourth-order valence-corrected chi connectivity index (χ4v) is 2.22. The molecule has 1 heterocycles. The van der Waals surface area contributed by atoms with Gasteiger partial charge >= 0.3 is 0 Å². The third kappa shape index (κ3) is 2.72. The molecule has 0 atom stereocenters. The second-order valence-corrected chi connectivity index (χ2v) is 5.34. The minimum Gasteiger partial charge on any atom is -0.296 e. The number of benzene rings is 1. The number of carbonyl (C=O) groups excluding carboxylic acids is 1. The Morgan fingerprint density at radius 2 is 2.05 bits per heavy atom. The first kappa shape index (κ1) is 13.5. The van der Waals surface area contributed by atoms with Crippen LogP contribution in [0.5, 0.6) is 0 Å². The first-order valence-corrected chi connectivity index (χ1v) is 6.50. The molecule has 0 spiro atoms. The van der Waals surface area contributed by atoms with Crippen molar-refractivity contribution in [3.05, 3.63) is 40.7 Å². The molecule has 2 aromatic rings. The predicted molar refractivity (Wildman–Crippen MR) is 74.8 cm³/mol. The van der Waals surface area contributed by atoms with E-state index in [1.54, 1.807) is 4.68 Å². The quantitative estimate of drug-likeness (QED) is 0.791. The Kier molecular flexibility index (Phi) is 3.79. The maximum atomic E-state index is 11.1. The third-order valence-corrected chi connectivity index (χ3v) is 3.09. The Labute approximate surface area is 113 Å². The van der Waals surface area contributed by atoms with Crippen LogP contribution in [0.1, 0.15) is 41.2 Å². The average Bonchev–Trinajstić information content (AvgIpc) is 2.71. The molecule has 19 heavy (non-hydrogen) atoms. The molecule has 0 bridgehead atoms. The van der Waals surface area contributed by atoms with Crippen molar-refractivity contribution >= 4 is 6.29 Å². The summed E-state index contributed by atoms with van der Waals surface area (Å²) in [7, 11) is 0. The number of nitrogens with zero attached hydrogens (tertiary/aromatic N) is 3. The lowest BCUT2D eigenvalue weighted by molar-refractivity contribution is 0.111. The van der Waals surface area contributed by atoms with Crippen LogP contribution in [0.3, 0.4) is 0 Å². The molecule has 100 valence electrons. The van der Waals surface area contributed by atoms with Crippen molar-refractivity contribution < 1.29 is 4.79 Å². The van der Waals surface area contributed by atoms with Crippen molar-refractivity contribution in [2.24, 2.45) is 5.92 Å². The van der Waals surface area contributed by atoms with Crippen molar-refractivity contribution in [2.75, 3.05) is 0 Å². The van der Waals surface area contributed by atoms with Gasteiger partial charge in [0.25, 0.3) is 0 Å². The van der Waals surface area contributed by atoms with E-state index >= 15 is 0 Å². The summed E-state index contributed by atoms with van der Waals surface area (Å²) in [6.45, 7) is 8.34. The lowest BCUT2D eigenvalue weighted by atomic mass is 10.1. The van der Waals surface area contributed by atoms with E-state index in [0.29, 0.717) is 11.6 Å². The van der Waals surface area contributed by atoms with Crippen LogP contribution in [0.4, 0.5) is 0 Å². The van der Waals surface area contributed by atoms with Gasteiger partial charge in [0.05, 0.1) is 11.4 Å². The minimum absolute atomic E-state index is 0.439.